The Morgan fingerprint density at radius 1 is 1.25 bits per heavy atom. The summed E-state index contributed by atoms with van der Waals surface area (Å²) in [4.78, 5) is 8.39. The standard InChI is InChI=1S/C10H10Cl2N4/c1-6-10(12)7(2)16(15-6)9-5-13-8(3-11)4-14-9/h4-5H,3H2,1-2H3. The first-order valence-corrected chi connectivity index (χ1v) is 5.63. The van der Waals surface area contributed by atoms with Crippen molar-refractivity contribution in [2.75, 3.05) is 0 Å². The van der Waals surface area contributed by atoms with Crippen molar-refractivity contribution in [2.45, 2.75) is 19.7 Å². The summed E-state index contributed by atoms with van der Waals surface area (Å²) in [7, 11) is 0. The van der Waals surface area contributed by atoms with E-state index in [1.54, 1.807) is 17.1 Å². The highest BCUT2D eigenvalue weighted by Crippen LogP contribution is 2.21. The minimum absolute atomic E-state index is 0.352. The topological polar surface area (TPSA) is 43.6 Å². The second-order valence-electron chi connectivity index (χ2n) is 3.40. The van der Waals surface area contributed by atoms with Crippen LogP contribution in [0, 0.1) is 13.8 Å². The van der Waals surface area contributed by atoms with E-state index in [0.717, 1.165) is 17.1 Å². The molecule has 0 aliphatic carbocycles. The number of hydrogen-bond donors (Lipinski definition) is 0. The van der Waals surface area contributed by atoms with Gasteiger partial charge in [-0.15, -0.1) is 11.6 Å². The van der Waals surface area contributed by atoms with Crippen molar-refractivity contribution < 1.29 is 0 Å². The number of nitrogens with zero attached hydrogens (tertiary/aromatic N) is 4. The van der Waals surface area contributed by atoms with Gasteiger partial charge in [0.1, 0.15) is 0 Å². The van der Waals surface area contributed by atoms with Gasteiger partial charge in [-0.25, -0.2) is 9.67 Å². The highest BCUT2D eigenvalue weighted by atomic mass is 35.5. The number of hydrogen-bond acceptors (Lipinski definition) is 3. The Morgan fingerprint density at radius 2 is 2.00 bits per heavy atom. The molecule has 0 unspecified atom stereocenters. The number of aromatic nitrogens is 4. The maximum absolute atomic E-state index is 6.05. The second-order valence-corrected chi connectivity index (χ2v) is 4.04. The molecule has 0 spiro atoms. The van der Waals surface area contributed by atoms with Gasteiger partial charge in [0.05, 0.1) is 40.4 Å². The van der Waals surface area contributed by atoms with Crippen LogP contribution >= 0.6 is 23.2 Å². The summed E-state index contributed by atoms with van der Waals surface area (Å²) in [5, 5.41) is 4.94. The molecule has 0 fully saturated rings. The van der Waals surface area contributed by atoms with Crippen LogP contribution in [0.15, 0.2) is 12.4 Å². The molecular weight excluding hydrogens is 247 g/mol. The van der Waals surface area contributed by atoms with E-state index in [-0.39, 0.29) is 0 Å². The van der Waals surface area contributed by atoms with Gasteiger partial charge in [-0.2, -0.15) is 5.10 Å². The summed E-state index contributed by atoms with van der Waals surface area (Å²) in [5.74, 6) is 0.992. The summed E-state index contributed by atoms with van der Waals surface area (Å²) in [6.45, 7) is 3.74. The Labute approximate surface area is 103 Å². The van der Waals surface area contributed by atoms with E-state index in [9.17, 15) is 0 Å². The predicted molar refractivity (Wildman–Crippen MR) is 63.2 cm³/mol. The fourth-order valence-corrected chi connectivity index (χ4v) is 1.63. The molecule has 0 saturated carbocycles. The molecule has 0 bridgehead atoms. The summed E-state index contributed by atoms with van der Waals surface area (Å²) in [6, 6.07) is 0. The predicted octanol–water partition coefficient (Wildman–Crippen LogP) is 2.67. The number of halogens is 2. The average molecular weight is 257 g/mol. The highest BCUT2D eigenvalue weighted by molar-refractivity contribution is 6.31. The third-order valence-corrected chi connectivity index (χ3v) is 3.07. The zero-order valence-electron chi connectivity index (χ0n) is 8.91. The average Bonchev–Trinajstić information content (AvgIpc) is 2.57. The van der Waals surface area contributed by atoms with Crippen molar-refractivity contribution in [3.8, 4) is 5.82 Å². The van der Waals surface area contributed by atoms with E-state index in [0.29, 0.717) is 16.7 Å². The van der Waals surface area contributed by atoms with Crippen LogP contribution in [0.1, 0.15) is 17.1 Å². The molecule has 6 heteroatoms. The van der Waals surface area contributed by atoms with Crippen LogP contribution in [0.5, 0.6) is 0 Å². The maximum atomic E-state index is 6.05. The van der Waals surface area contributed by atoms with Gasteiger partial charge in [-0.05, 0) is 13.8 Å². The second kappa shape index (κ2) is 4.39. The lowest BCUT2D eigenvalue weighted by Crippen LogP contribution is -2.03. The van der Waals surface area contributed by atoms with Crippen LogP contribution in [0.3, 0.4) is 0 Å². The first kappa shape index (κ1) is 11.4. The molecule has 0 amide bonds. The molecule has 0 aliphatic rings. The summed E-state index contributed by atoms with van der Waals surface area (Å²) < 4.78 is 1.67. The third kappa shape index (κ3) is 1.90. The van der Waals surface area contributed by atoms with E-state index >= 15 is 0 Å². The van der Waals surface area contributed by atoms with E-state index in [2.05, 4.69) is 15.1 Å². The zero-order chi connectivity index (χ0) is 11.7. The Morgan fingerprint density at radius 3 is 2.44 bits per heavy atom. The highest BCUT2D eigenvalue weighted by Gasteiger charge is 2.11. The quantitative estimate of drug-likeness (QED) is 0.777. The number of rotatable bonds is 2. The molecule has 16 heavy (non-hydrogen) atoms. The minimum Gasteiger partial charge on any atom is -0.254 e. The van der Waals surface area contributed by atoms with Gasteiger partial charge in [0.15, 0.2) is 5.82 Å². The Hall–Kier alpha value is -1.13. The van der Waals surface area contributed by atoms with Crippen LogP contribution in [0.25, 0.3) is 5.82 Å². The maximum Gasteiger partial charge on any atom is 0.172 e. The van der Waals surface area contributed by atoms with Crippen LogP contribution in [-0.2, 0) is 5.88 Å². The van der Waals surface area contributed by atoms with E-state index < -0.39 is 0 Å². The monoisotopic (exact) mass is 256 g/mol. The molecule has 0 N–H and O–H groups in total. The van der Waals surface area contributed by atoms with E-state index in [4.69, 9.17) is 23.2 Å². The lowest BCUT2D eigenvalue weighted by atomic mass is 10.4. The fourth-order valence-electron chi connectivity index (χ4n) is 1.37. The van der Waals surface area contributed by atoms with Crippen molar-refractivity contribution in [2.24, 2.45) is 0 Å². The molecule has 0 aromatic carbocycles. The number of aryl methyl sites for hydroxylation is 1. The molecule has 2 aromatic rings. The van der Waals surface area contributed by atoms with Gasteiger partial charge in [-0.1, -0.05) is 11.6 Å². The summed E-state index contributed by atoms with van der Waals surface area (Å²) in [5.41, 5.74) is 2.37. The smallest absolute Gasteiger partial charge is 0.172 e. The SMILES string of the molecule is Cc1nn(-c2cnc(CCl)cn2)c(C)c1Cl. The molecule has 0 atom stereocenters. The fraction of sp³-hybridized carbons (Fsp3) is 0.300. The zero-order valence-corrected chi connectivity index (χ0v) is 10.4. The molecule has 2 heterocycles. The summed E-state index contributed by atoms with van der Waals surface area (Å²) in [6.07, 6.45) is 3.26. The molecule has 0 radical (unpaired) electrons. The van der Waals surface area contributed by atoms with Gasteiger partial charge in [0, 0.05) is 0 Å². The molecule has 2 rings (SSSR count). The van der Waals surface area contributed by atoms with Crippen molar-refractivity contribution in [3.05, 3.63) is 34.5 Å². The largest absolute Gasteiger partial charge is 0.254 e. The van der Waals surface area contributed by atoms with Gasteiger partial charge >= 0.3 is 0 Å². The van der Waals surface area contributed by atoms with Crippen LogP contribution in [0.2, 0.25) is 5.02 Å². The van der Waals surface area contributed by atoms with E-state index in [1.165, 1.54) is 0 Å². The molecule has 2 aromatic heterocycles. The molecular formula is C10H10Cl2N4. The van der Waals surface area contributed by atoms with Gasteiger partial charge < -0.3 is 0 Å². The van der Waals surface area contributed by atoms with Crippen molar-refractivity contribution in [3.63, 3.8) is 0 Å². The van der Waals surface area contributed by atoms with Crippen LogP contribution in [0.4, 0.5) is 0 Å². The Kier molecular flexibility index (Phi) is 3.12. The molecule has 84 valence electrons. The molecule has 0 saturated heterocycles. The van der Waals surface area contributed by atoms with E-state index in [1.807, 2.05) is 13.8 Å². The molecule has 0 aliphatic heterocycles. The van der Waals surface area contributed by atoms with Crippen LogP contribution < -0.4 is 0 Å². The first-order valence-electron chi connectivity index (χ1n) is 4.72. The summed E-state index contributed by atoms with van der Waals surface area (Å²) >= 11 is 11.7. The Balaban J connectivity index is 2.46. The minimum atomic E-state index is 0.352. The van der Waals surface area contributed by atoms with Crippen LogP contribution in [-0.4, -0.2) is 19.7 Å². The van der Waals surface area contributed by atoms with Crippen molar-refractivity contribution in [1.29, 1.82) is 0 Å². The normalized spacial score (nSPS) is 10.8. The third-order valence-electron chi connectivity index (χ3n) is 2.25. The van der Waals surface area contributed by atoms with Crippen molar-refractivity contribution >= 4 is 23.2 Å². The molecule has 4 nitrogen and oxygen atoms in total. The Bertz CT molecular complexity index is 504. The number of alkyl halides is 1. The lowest BCUT2D eigenvalue weighted by Gasteiger charge is -2.02. The lowest BCUT2D eigenvalue weighted by molar-refractivity contribution is 0.795. The van der Waals surface area contributed by atoms with Gasteiger partial charge in [0.2, 0.25) is 0 Å². The van der Waals surface area contributed by atoms with Gasteiger partial charge in [0.25, 0.3) is 0 Å². The van der Waals surface area contributed by atoms with Gasteiger partial charge in [-0.3, -0.25) is 4.98 Å². The first-order chi connectivity index (χ1) is 7.63. The van der Waals surface area contributed by atoms with Crippen molar-refractivity contribution in [1.82, 2.24) is 19.7 Å².